The largest absolute Gasteiger partial charge is 0.396 e. The van der Waals surface area contributed by atoms with Crippen molar-refractivity contribution in [1.82, 2.24) is 0 Å². The Labute approximate surface area is 92.1 Å². The summed E-state index contributed by atoms with van der Waals surface area (Å²) in [6.07, 6.45) is 6.39. The molecule has 1 nitrogen and oxygen atoms in total. The van der Waals surface area contributed by atoms with E-state index >= 15 is 0 Å². The summed E-state index contributed by atoms with van der Waals surface area (Å²) in [6.45, 7) is 0.347. The molecule has 0 heterocycles. The fourth-order valence-electron chi connectivity index (χ4n) is 2.73. The van der Waals surface area contributed by atoms with Crippen LogP contribution >= 0.6 is 0 Å². The Kier molecular flexibility index (Phi) is 3.79. The van der Waals surface area contributed by atoms with Crippen LogP contribution in [-0.4, -0.2) is 11.7 Å². The second-order valence-electron chi connectivity index (χ2n) is 4.68. The van der Waals surface area contributed by atoms with Crippen LogP contribution in [0.3, 0.4) is 0 Å². The molecule has 1 aromatic rings. The molecular weight excluding hydrogens is 184 g/mol. The second-order valence-corrected chi connectivity index (χ2v) is 4.68. The second kappa shape index (κ2) is 5.32. The minimum Gasteiger partial charge on any atom is -0.396 e. The van der Waals surface area contributed by atoms with Crippen molar-refractivity contribution in [3.05, 3.63) is 35.9 Å². The molecule has 0 aromatic heterocycles. The van der Waals surface area contributed by atoms with Gasteiger partial charge in [0.2, 0.25) is 0 Å². The Morgan fingerprint density at radius 2 is 1.80 bits per heavy atom. The van der Waals surface area contributed by atoms with Gasteiger partial charge in [0.25, 0.3) is 0 Å². The van der Waals surface area contributed by atoms with E-state index in [9.17, 15) is 5.11 Å². The molecular formula is C14H20O. The first-order valence-corrected chi connectivity index (χ1v) is 6.05. The number of rotatable bonds is 4. The van der Waals surface area contributed by atoms with Crippen LogP contribution in [0.15, 0.2) is 30.3 Å². The zero-order chi connectivity index (χ0) is 10.5. The quantitative estimate of drug-likeness (QED) is 0.799. The smallest absolute Gasteiger partial charge is 0.0465 e. The van der Waals surface area contributed by atoms with E-state index in [-0.39, 0.29) is 0 Å². The van der Waals surface area contributed by atoms with E-state index in [1.165, 1.54) is 31.2 Å². The van der Waals surface area contributed by atoms with Gasteiger partial charge in [0, 0.05) is 6.61 Å². The monoisotopic (exact) mass is 204 g/mol. The van der Waals surface area contributed by atoms with Crippen molar-refractivity contribution in [2.24, 2.45) is 11.8 Å². The van der Waals surface area contributed by atoms with Crippen LogP contribution in [0, 0.1) is 11.8 Å². The Morgan fingerprint density at radius 3 is 2.40 bits per heavy atom. The van der Waals surface area contributed by atoms with Crippen molar-refractivity contribution in [3.8, 4) is 0 Å². The van der Waals surface area contributed by atoms with Gasteiger partial charge >= 0.3 is 0 Å². The van der Waals surface area contributed by atoms with Gasteiger partial charge in [-0.2, -0.15) is 0 Å². The summed E-state index contributed by atoms with van der Waals surface area (Å²) in [6, 6.07) is 10.5. The molecule has 2 rings (SSSR count). The third-order valence-corrected chi connectivity index (χ3v) is 3.64. The summed E-state index contributed by atoms with van der Waals surface area (Å²) in [7, 11) is 0. The van der Waals surface area contributed by atoms with Gasteiger partial charge in [-0.15, -0.1) is 0 Å². The first-order chi connectivity index (χ1) is 7.40. The topological polar surface area (TPSA) is 20.2 Å². The number of hydrogen-bond acceptors (Lipinski definition) is 1. The van der Waals surface area contributed by atoms with Crippen LogP contribution in [-0.2, 0) is 6.42 Å². The van der Waals surface area contributed by atoms with Crippen molar-refractivity contribution < 1.29 is 5.11 Å². The van der Waals surface area contributed by atoms with Crippen molar-refractivity contribution in [3.63, 3.8) is 0 Å². The standard InChI is InChI=1S/C14H20O/c15-11-14(13-8-4-5-9-13)10-12-6-2-1-3-7-12/h1-3,6-7,13-15H,4-5,8-11H2. The zero-order valence-electron chi connectivity index (χ0n) is 9.23. The van der Waals surface area contributed by atoms with Crippen molar-refractivity contribution in [1.29, 1.82) is 0 Å². The SMILES string of the molecule is OCC(Cc1ccccc1)C1CCCC1. The molecule has 1 unspecified atom stereocenters. The molecule has 1 fully saturated rings. The van der Waals surface area contributed by atoms with Crippen LogP contribution in [0.25, 0.3) is 0 Å². The normalized spacial score (nSPS) is 19.3. The zero-order valence-corrected chi connectivity index (χ0v) is 9.23. The summed E-state index contributed by atoms with van der Waals surface area (Å²) < 4.78 is 0. The Hall–Kier alpha value is -0.820. The number of hydrogen-bond donors (Lipinski definition) is 1. The van der Waals surface area contributed by atoms with E-state index in [0.717, 1.165) is 12.3 Å². The van der Waals surface area contributed by atoms with E-state index in [1.807, 2.05) is 6.07 Å². The maximum atomic E-state index is 9.45. The lowest BCUT2D eigenvalue weighted by Crippen LogP contribution is -2.18. The number of benzene rings is 1. The molecule has 15 heavy (non-hydrogen) atoms. The van der Waals surface area contributed by atoms with Crippen LogP contribution in [0.4, 0.5) is 0 Å². The van der Waals surface area contributed by atoms with Crippen LogP contribution in [0.2, 0.25) is 0 Å². The third-order valence-electron chi connectivity index (χ3n) is 3.64. The van der Waals surface area contributed by atoms with E-state index in [0.29, 0.717) is 12.5 Å². The summed E-state index contributed by atoms with van der Waals surface area (Å²) in [5.41, 5.74) is 1.36. The van der Waals surface area contributed by atoms with Crippen molar-refractivity contribution in [2.45, 2.75) is 32.1 Å². The van der Waals surface area contributed by atoms with Crippen molar-refractivity contribution in [2.75, 3.05) is 6.61 Å². The fourth-order valence-corrected chi connectivity index (χ4v) is 2.73. The van der Waals surface area contributed by atoms with Crippen molar-refractivity contribution >= 4 is 0 Å². The molecule has 0 aliphatic heterocycles. The average molecular weight is 204 g/mol. The first-order valence-electron chi connectivity index (χ1n) is 6.05. The Bertz CT molecular complexity index is 275. The number of aliphatic hydroxyl groups is 1. The van der Waals surface area contributed by atoms with Gasteiger partial charge in [0.05, 0.1) is 0 Å². The molecule has 1 heteroatoms. The molecule has 1 saturated carbocycles. The maximum absolute atomic E-state index is 9.45. The highest BCUT2D eigenvalue weighted by molar-refractivity contribution is 5.15. The predicted octanol–water partition coefficient (Wildman–Crippen LogP) is 3.03. The van der Waals surface area contributed by atoms with E-state index in [2.05, 4.69) is 24.3 Å². The molecule has 0 spiro atoms. The molecule has 1 aliphatic rings. The highest BCUT2D eigenvalue weighted by atomic mass is 16.3. The molecule has 82 valence electrons. The average Bonchev–Trinajstić information content (AvgIpc) is 2.81. The molecule has 1 atom stereocenters. The van der Waals surface area contributed by atoms with Gasteiger partial charge in [-0.1, -0.05) is 56.0 Å². The molecule has 1 N–H and O–H groups in total. The van der Waals surface area contributed by atoms with Crippen LogP contribution in [0.5, 0.6) is 0 Å². The summed E-state index contributed by atoms with van der Waals surface area (Å²) in [5, 5.41) is 9.45. The summed E-state index contributed by atoms with van der Waals surface area (Å²) in [4.78, 5) is 0. The van der Waals surface area contributed by atoms with E-state index < -0.39 is 0 Å². The lowest BCUT2D eigenvalue weighted by molar-refractivity contribution is 0.175. The molecule has 0 saturated heterocycles. The van der Waals surface area contributed by atoms with Gasteiger partial charge in [0.1, 0.15) is 0 Å². The molecule has 0 bridgehead atoms. The molecule has 1 aromatic carbocycles. The third kappa shape index (κ3) is 2.82. The van der Waals surface area contributed by atoms with E-state index in [4.69, 9.17) is 0 Å². The summed E-state index contributed by atoms with van der Waals surface area (Å²) in [5.74, 6) is 1.24. The predicted molar refractivity (Wildman–Crippen MR) is 62.7 cm³/mol. The Morgan fingerprint density at radius 1 is 1.13 bits per heavy atom. The van der Waals surface area contributed by atoms with Gasteiger partial charge in [-0.25, -0.2) is 0 Å². The Balaban J connectivity index is 1.96. The fraction of sp³-hybridized carbons (Fsp3) is 0.571. The first kappa shape index (κ1) is 10.7. The minimum absolute atomic E-state index is 0.347. The highest BCUT2D eigenvalue weighted by Crippen LogP contribution is 2.32. The van der Waals surface area contributed by atoms with Gasteiger partial charge in [0.15, 0.2) is 0 Å². The minimum atomic E-state index is 0.347. The molecule has 0 radical (unpaired) electrons. The van der Waals surface area contributed by atoms with E-state index in [1.54, 1.807) is 0 Å². The van der Waals surface area contributed by atoms with Crippen LogP contribution < -0.4 is 0 Å². The van der Waals surface area contributed by atoms with Crippen LogP contribution in [0.1, 0.15) is 31.2 Å². The number of aliphatic hydroxyl groups excluding tert-OH is 1. The summed E-state index contributed by atoms with van der Waals surface area (Å²) >= 11 is 0. The lowest BCUT2D eigenvalue weighted by atomic mass is 9.86. The van der Waals surface area contributed by atoms with Gasteiger partial charge in [-0.3, -0.25) is 0 Å². The molecule has 0 amide bonds. The maximum Gasteiger partial charge on any atom is 0.0465 e. The van der Waals surface area contributed by atoms with Gasteiger partial charge in [-0.05, 0) is 23.8 Å². The van der Waals surface area contributed by atoms with Gasteiger partial charge < -0.3 is 5.11 Å². The lowest BCUT2D eigenvalue weighted by Gasteiger charge is -2.21. The highest BCUT2D eigenvalue weighted by Gasteiger charge is 2.24. The molecule has 1 aliphatic carbocycles.